The predicted molar refractivity (Wildman–Crippen MR) is 88.3 cm³/mol. The van der Waals surface area contributed by atoms with E-state index in [2.05, 4.69) is 50.2 Å². The summed E-state index contributed by atoms with van der Waals surface area (Å²) in [5, 5.41) is 6.64. The molecule has 0 radical (unpaired) electrons. The maximum atomic E-state index is 4.52. The lowest BCUT2D eigenvalue weighted by Crippen LogP contribution is -2.38. The summed E-state index contributed by atoms with van der Waals surface area (Å²) in [6.45, 7) is 13.8. The minimum Gasteiger partial charge on any atom is -0.357 e. The largest absolute Gasteiger partial charge is 0.357 e. The van der Waals surface area contributed by atoms with Crippen molar-refractivity contribution in [3.05, 3.63) is 0 Å². The molecule has 0 spiro atoms. The maximum absolute atomic E-state index is 4.52. The smallest absolute Gasteiger partial charge is 0.191 e. The van der Waals surface area contributed by atoms with Gasteiger partial charge in [0.1, 0.15) is 0 Å². The molecule has 17 heavy (non-hydrogen) atoms. The molecule has 2 N–H and O–H groups in total. The van der Waals surface area contributed by atoms with E-state index in [9.17, 15) is 0 Å². The quantitative estimate of drug-likeness (QED) is 0.318. The van der Waals surface area contributed by atoms with Crippen LogP contribution in [0, 0.1) is 11.8 Å². The summed E-state index contributed by atoms with van der Waals surface area (Å²) in [6, 6.07) is 0. The average Bonchev–Trinajstić information content (AvgIpc) is 2.20. The Labute approximate surface area is 124 Å². The summed E-state index contributed by atoms with van der Waals surface area (Å²) in [5.41, 5.74) is 0. The van der Waals surface area contributed by atoms with Crippen molar-refractivity contribution in [3.63, 3.8) is 0 Å². The third kappa shape index (κ3) is 13.9. The van der Waals surface area contributed by atoms with Crippen molar-refractivity contribution < 1.29 is 0 Å². The first-order valence-corrected chi connectivity index (χ1v) is 6.58. The summed E-state index contributed by atoms with van der Waals surface area (Å²) in [7, 11) is 0. The van der Waals surface area contributed by atoms with E-state index in [0.717, 1.165) is 31.5 Å². The predicted octanol–water partition coefficient (Wildman–Crippen LogP) is 3.25. The Bertz CT molecular complexity index is 191. The van der Waals surface area contributed by atoms with Crippen LogP contribution >= 0.6 is 24.0 Å². The molecular formula is C13H30IN3. The van der Waals surface area contributed by atoms with Gasteiger partial charge in [0.25, 0.3) is 0 Å². The summed E-state index contributed by atoms with van der Waals surface area (Å²) in [5.74, 6) is 2.36. The topological polar surface area (TPSA) is 36.4 Å². The molecule has 0 aliphatic carbocycles. The highest BCUT2D eigenvalue weighted by molar-refractivity contribution is 14.0. The van der Waals surface area contributed by atoms with Crippen molar-refractivity contribution in [2.45, 2.75) is 47.5 Å². The summed E-state index contributed by atoms with van der Waals surface area (Å²) in [6.07, 6.45) is 2.49. The summed E-state index contributed by atoms with van der Waals surface area (Å²) >= 11 is 0. The Hall–Kier alpha value is 0. The first-order chi connectivity index (χ1) is 7.56. The number of aliphatic imine (C=N–C) groups is 1. The van der Waals surface area contributed by atoms with Crippen LogP contribution in [0.1, 0.15) is 47.5 Å². The van der Waals surface area contributed by atoms with Crippen LogP contribution in [-0.2, 0) is 0 Å². The Balaban J connectivity index is 0. The molecule has 0 fully saturated rings. The molecule has 3 nitrogen and oxygen atoms in total. The molecular weight excluding hydrogens is 325 g/mol. The van der Waals surface area contributed by atoms with Gasteiger partial charge in [-0.15, -0.1) is 24.0 Å². The molecule has 0 unspecified atom stereocenters. The van der Waals surface area contributed by atoms with Gasteiger partial charge in [0.15, 0.2) is 5.96 Å². The average molecular weight is 355 g/mol. The van der Waals surface area contributed by atoms with Gasteiger partial charge in [-0.1, -0.05) is 27.7 Å². The van der Waals surface area contributed by atoms with Crippen LogP contribution in [0.4, 0.5) is 0 Å². The highest BCUT2D eigenvalue weighted by Gasteiger charge is 1.98. The molecule has 4 heteroatoms. The molecule has 0 saturated heterocycles. The fourth-order valence-corrected chi connectivity index (χ4v) is 1.33. The van der Waals surface area contributed by atoms with Gasteiger partial charge in [0.05, 0.1) is 0 Å². The molecule has 0 bridgehead atoms. The number of nitrogens with zero attached hydrogens (tertiary/aromatic N) is 1. The van der Waals surface area contributed by atoms with Crippen LogP contribution in [0.2, 0.25) is 0 Å². The van der Waals surface area contributed by atoms with E-state index in [0.29, 0.717) is 5.92 Å². The van der Waals surface area contributed by atoms with Crippen molar-refractivity contribution in [3.8, 4) is 0 Å². The number of halogens is 1. The lowest BCUT2D eigenvalue weighted by Gasteiger charge is -2.12. The van der Waals surface area contributed by atoms with E-state index in [1.807, 2.05) is 0 Å². The van der Waals surface area contributed by atoms with Gasteiger partial charge in [0.2, 0.25) is 0 Å². The lowest BCUT2D eigenvalue weighted by atomic mass is 10.1. The van der Waals surface area contributed by atoms with Gasteiger partial charge in [0, 0.05) is 19.6 Å². The fraction of sp³-hybridized carbons (Fsp3) is 0.923. The number of hydrogen-bond donors (Lipinski definition) is 2. The Morgan fingerprint density at radius 2 is 1.71 bits per heavy atom. The van der Waals surface area contributed by atoms with E-state index in [1.54, 1.807) is 0 Å². The Kier molecular flexibility index (Phi) is 14.2. The Morgan fingerprint density at radius 1 is 1.06 bits per heavy atom. The van der Waals surface area contributed by atoms with Gasteiger partial charge in [-0.25, -0.2) is 0 Å². The molecule has 0 rings (SSSR count). The minimum absolute atomic E-state index is 0. The van der Waals surface area contributed by atoms with Crippen LogP contribution in [0.3, 0.4) is 0 Å². The monoisotopic (exact) mass is 355 g/mol. The molecule has 0 aromatic rings. The molecule has 0 aromatic carbocycles. The lowest BCUT2D eigenvalue weighted by molar-refractivity contribution is 0.548. The molecule has 0 aromatic heterocycles. The van der Waals surface area contributed by atoms with E-state index in [4.69, 9.17) is 0 Å². The van der Waals surface area contributed by atoms with Gasteiger partial charge in [-0.05, 0) is 31.6 Å². The van der Waals surface area contributed by atoms with Crippen molar-refractivity contribution in [1.82, 2.24) is 10.6 Å². The highest BCUT2D eigenvalue weighted by Crippen LogP contribution is 2.01. The molecule has 0 aliphatic rings. The van der Waals surface area contributed by atoms with Crippen LogP contribution in [0.5, 0.6) is 0 Å². The number of nitrogens with one attached hydrogen (secondary N) is 2. The van der Waals surface area contributed by atoms with E-state index < -0.39 is 0 Å². The Morgan fingerprint density at radius 3 is 2.18 bits per heavy atom. The van der Waals surface area contributed by atoms with Crippen LogP contribution in [0.25, 0.3) is 0 Å². The molecule has 0 heterocycles. The normalized spacial score (nSPS) is 11.6. The molecule has 0 saturated carbocycles. The second-order valence-corrected chi connectivity index (χ2v) is 5.08. The van der Waals surface area contributed by atoms with E-state index in [-0.39, 0.29) is 24.0 Å². The van der Waals surface area contributed by atoms with Crippen molar-refractivity contribution in [2.24, 2.45) is 16.8 Å². The van der Waals surface area contributed by atoms with E-state index >= 15 is 0 Å². The van der Waals surface area contributed by atoms with Crippen LogP contribution < -0.4 is 10.6 Å². The highest BCUT2D eigenvalue weighted by atomic mass is 127. The minimum atomic E-state index is 0. The third-order valence-corrected chi connectivity index (χ3v) is 2.21. The zero-order valence-electron chi connectivity index (χ0n) is 12.0. The fourth-order valence-electron chi connectivity index (χ4n) is 1.33. The van der Waals surface area contributed by atoms with Crippen LogP contribution in [-0.4, -0.2) is 25.6 Å². The molecule has 0 amide bonds. The standard InChI is InChI=1S/C13H29N3.HI/c1-6-14-13(16-10-12(4)5)15-9-7-8-11(2)3;/h11-12H,6-10H2,1-5H3,(H2,14,15,16);1H. The maximum Gasteiger partial charge on any atom is 0.191 e. The van der Waals surface area contributed by atoms with Gasteiger partial charge >= 0.3 is 0 Å². The summed E-state index contributed by atoms with van der Waals surface area (Å²) in [4.78, 5) is 4.52. The SMILES string of the molecule is CCNC(=NCC(C)C)NCCCC(C)C.I. The second kappa shape index (κ2) is 12.5. The molecule has 104 valence electrons. The molecule has 0 aliphatic heterocycles. The van der Waals surface area contributed by atoms with Gasteiger partial charge in [-0.2, -0.15) is 0 Å². The van der Waals surface area contributed by atoms with Crippen LogP contribution in [0.15, 0.2) is 4.99 Å². The van der Waals surface area contributed by atoms with Crippen molar-refractivity contribution in [1.29, 1.82) is 0 Å². The van der Waals surface area contributed by atoms with Gasteiger partial charge < -0.3 is 10.6 Å². The first-order valence-electron chi connectivity index (χ1n) is 6.58. The van der Waals surface area contributed by atoms with E-state index in [1.165, 1.54) is 12.8 Å². The number of rotatable bonds is 7. The zero-order chi connectivity index (χ0) is 12.4. The van der Waals surface area contributed by atoms with Crippen molar-refractivity contribution in [2.75, 3.05) is 19.6 Å². The zero-order valence-corrected chi connectivity index (χ0v) is 14.4. The first kappa shape index (κ1) is 19.3. The second-order valence-electron chi connectivity index (χ2n) is 5.08. The van der Waals surface area contributed by atoms with Gasteiger partial charge in [-0.3, -0.25) is 4.99 Å². The summed E-state index contributed by atoms with van der Waals surface area (Å²) < 4.78 is 0. The van der Waals surface area contributed by atoms with Crippen molar-refractivity contribution >= 4 is 29.9 Å². The number of guanidine groups is 1. The molecule has 0 atom stereocenters. The third-order valence-electron chi connectivity index (χ3n) is 2.21. The number of hydrogen-bond acceptors (Lipinski definition) is 1.